The summed E-state index contributed by atoms with van der Waals surface area (Å²) in [7, 11) is 1.62. The third-order valence-electron chi connectivity index (χ3n) is 5.55. The third-order valence-corrected chi connectivity index (χ3v) is 5.55. The molecule has 1 fully saturated rings. The van der Waals surface area contributed by atoms with Crippen molar-refractivity contribution in [3.63, 3.8) is 0 Å². The fourth-order valence-electron chi connectivity index (χ4n) is 3.99. The number of aldehydes is 1. The lowest BCUT2D eigenvalue weighted by atomic mass is 10.1. The molecule has 0 spiro atoms. The van der Waals surface area contributed by atoms with Crippen LogP contribution in [-0.4, -0.2) is 18.0 Å². The molecule has 5 rings (SSSR count). The molecule has 0 radical (unpaired) electrons. The van der Waals surface area contributed by atoms with Crippen LogP contribution in [-0.2, 0) is 6.54 Å². The molecular formula is C23H21NO3. The molecule has 2 aromatic carbocycles. The molecule has 2 aromatic heterocycles. The summed E-state index contributed by atoms with van der Waals surface area (Å²) in [6.07, 6.45) is 3.41. The van der Waals surface area contributed by atoms with E-state index in [2.05, 4.69) is 41.8 Å². The highest BCUT2D eigenvalue weighted by molar-refractivity contribution is 5.97. The normalized spacial score (nSPS) is 14.1. The number of hydrogen-bond donors (Lipinski definition) is 0. The second kappa shape index (κ2) is 6.02. The summed E-state index contributed by atoms with van der Waals surface area (Å²) < 4.78 is 14.2. The number of rotatable bonds is 5. The van der Waals surface area contributed by atoms with Crippen LogP contribution >= 0.6 is 0 Å². The molecule has 0 unspecified atom stereocenters. The van der Waals surface area contributed by atoms with Gasteiger partial charge >= 0.3 is 0 Å². The maximum Gasteiger partial charge on any atom is 0.154 e. The predicted octanol–water partition coefficient (Wildman–Crippen LogP) is 5.59. The first-order chi connectivity index (χ1) is 13.2. The molecule has 4 aromatic rings. The molecule has 4 heteroatoms. The van der Waals surface area contributed by atoms with E-state index in [1.165, 1.54) is 23.7 Å². The van der Waals surface area contributed by atoms with E-state index in [4.69, 9.17) is 9.15 Å². The summed E-state index contributed by atoms with van der Waals surface area (Å²) in [5.74, 6) is 2.27. The lowest BCUT2D eigenvalue weighted by Crippen LogP contribution is -2.01. The van der Waals surface area contributed by atoms with Crippen molar-refractivity contribution in [2.45, 2.75) is 26.3 Å². The molecule has 0 aliphatic heterocycles. The van der Waals surface area contributed by atoms with Crippen LogP contribution in [0.15, 0.2) is 46.9 Å². The number of ether oxygens (including phenoxy) is 1. The summed E-state index contributed by atoms with van der Waals surface area (Å²) in [4.78, 5) is 11.3. The first-order valence-corrected chi connectivity index (χ1v) is 9.34. The number of carbonyl (C=O) groups is 1. The predicted molar refractivity (Wildman–Crippen MR) is 107 cm³/mol. The topological polar surface area (TPSA) is 44.4 Å². The van der Waals surface area contributed by atoms with Crippen molar-refractivity contribution >= 4 is 28.2 Å². The van der Waals surface area contributed by atoms with E-state index in [-0.39, 0.29) is 0 Å². The molecule has 0 atom stereocenters. The molecule has 2 heterocycles. The van der Waals surface area contributed by atoms with Crippen molar-refractivity contribution in [1.82, 2.24) is 4.57 Å². The molecule has 27 heavy (non-hydrogen) atoms. The molecule has 0 bridgehead atoms. The summed E-state index contributed by atoms with van der Waals surface area (Å²) in [6, 6.07) is 14.2. The highest BCUT2D eigenvalue weighted by Crippen LogP contribution is 2.42. The average molecular weight is 359 g/mol. The number of furan rings is 1. The maximum atomic E-state index is 11.3. The first kappa shape index (κ1) is 16.2. The smallest absolute Gasteiger partial charge is 0.154 e. The summed E-state index contributed by atoms with van der Waals surface area (Å²) in [5, 5.41) is 2.15. The monoisotopic (exact) mass is 359 g/mol. The Balaban J connectivity index is 1.78. The van der Waals surface area contributed by atoms with E-state index in [0.29, 0.717) is 16.9 Å². The fraction of sp³-hybridized carbons (Fsp3) is 0.261. The molecule has 136 valence electrons. The van der Waals surface area contributed by atoms with Gasteiger partial charge in [0.15, 0.2) is 5.76 Å². The molecule has 0 N–H and O–H groups in total. The van der Waals surface area contributed by atoms with Gasteiger partial charge in [-0.3, -0.25) is 4.79 Å². The highest BCUT2D eigenvalue weighted by Gasteiger charge is 2.26. The van der Waals surface area contributed by atoms with Crippen LogP contribution in [0.3, 0.4) is 0 Å². The summed E-state index contributed by atoms with van der Waals surface area (Å²) >= 11 is 0. The zero-order chi connectivity index (χ0) is 18.5. The number of hydrogen-bond acceptors (Lipinski definition) is 3. The standard InChI is InChI=1S/C23H21NO3/c1-14-22-20(26-2)9-16(13-25)10-21(22)27-23(14)19-11-17-5-3-4-6-18(17)24(19)12-15-7-8-15/h3-6,9-11,13,15H,7-8,12H2,1-2H3. The van der Waals surface area contributed by atoms with Gasteiger partial charge in [0.05, 0.1) is 18.2 Å². The third kappa shape index (κ3) is 2.55. The van der Waals surface area contributed by atoms with Gasteiger partial charge < -0.3 is 13.7 Å². The minimum absolute atomic E-state index is 0.554. The molecule has 4 nitrogen and oxygen atoms in total. The number of benzene rings is 2. The second-order valence-electron chi connectivity index (χ2n) is 7.41. The van der Waals surface area contributed by atoms with Gasteiger partial charge in [-0.1, -0.05) is 18.2 Å². The average Bonchev–Trinajstić information content (AvgIpc) is 3.36. The first-order valence-electron chi connectivity index (χ1n) is 9.34. The van der Waals surface area contributed by atoms with Gasteiger partial charge in [-0.15, -0.1) is 0 Å². The van der Waals surface area contributed by atoms with E-state index in [9.17, 15) is 4.79 Å². The Bertz CT molecular complexity index is 1180. The van der Waals surface area contributed by atoms with E-state index in [0.717, 1.165) is 41.2 Å². The quantitative estimate of drug-likeness (QED) is 0.436. The van der Waals surface area contributed by atoms with E-state index >= 15 is 0 Å². The van der Waals surface area contributed by atoms with Crippen LogP contribution in [0.2, 0.25) is 0 Å². The number of para-hydroxylation sites is 1. The highest BCUT2D eigenvalue weighted by atomic mass is 16.5. The van der Waals surface area contributed by atoms with Crippen molar-refractivity contribution in [2.75, 3.05) is 7.11 Å². The van der Waals surface area contributed by atoms with Gasteiger partial charge in [0.2, 0.25) is 0 Å². The van der Waals surface area contributed by atoms with Gasteiger partial charge in [0, 0.05) is 28.6 Å². The lowest BCUT2D eigenvalue weighted by Gasteiger charge is -2.09. The van der Waals surface area contributed by atoms with Crippen LogP contribution < -0.4 is 4.74 Å². The van der Waals surface area contributed by atoms with Crippen LogP contribution in [0.4, 0.5) is 0 Å². The Morgan fingerprint density at radius 2 is 2.04 bits per heavy atom. The molecule has 0 saturated heterocycles. The minimum atomic E-state index is 0.554. The Morgan fingerprint density at radius 1 is 1.22 bits per heavy atom. The van der Waals surface area contributed by atoms with Crippen LogP contribution in [0.25, 0.3) is 33.3 Å². The summed E-state index contributed by atoms with van der Waals surface area (Å²) in [6.45, 7) is 3.07. The molecule has 1 aliphatic rings. The number of nitrogens with zero attached hydrogens (tertiary/aromatic N) is 1. The number of fused-ring (bicyclic) bond motifs is 2. The number of methoxy groups -OCH3 is 1. The number of aromatic nitrogens is 1. The lowest BCUT2D eigenvalue weighted by molar-refractivity contribution is 0.112. The van der Waals surface area contributed by atoms with Crippen molar-refractivity contribution < 1.29 is 13.9 Å². The zero-order valence-electron chi connectivity index (χ0n) is 15.5. The van der Waals surface area contributed by atoms with Crippen molar-refractivity contribution in [3.05, 3.63) is 53.6 Å². The van der Waals surface area contributed by atoms with Gasteiger partial charge in [-0.2, -0.15) is 0 Å². The van der Waals surface area contributed by atoms with Crippen LogP contribution in [0, 0.1) is 12.8 Å². The largest absolute Gasteiger partial charge is 0.496 e. The maximum absolute atomic E-state index is 11.3. The van der Waals surface area contributed by atoms with Gasteiger partial charge in [0.1, 0.15) is 17.6 Å². The SMILES string of the molecule is COc1cc(C=O)cc2oc(-c3cc4ccccc4n3CC3CC3)c(C)c12. The zero-order valence-corrected chi connectivity index (χ0v) is 15.5. The molecular weight excluding hydrogens is 338 g/mol. The number of carbonyl (C=O) groups excluding carboxylic acids is 1. The van der Waals surface area contributed by atoms with Crippen LogP contribution in [0.1, 0.15) is 28.8 Å². The van der Waals surface area contributed by atoms with Crippen LogP contribution in [0.5, 0.6) is 5.75 Å². The fourth-order valence-corrected chi connectivity index (χ4v) is 3.99. The van der Waals surface area contributed by atoms with Gasteiger partial charge in [0.25, 0.3) is 0 Å². The van der Waals surface area contributed by atoms with Crippen molar-refractivity contribution in [3.8, 4) is 17.2 Å². The van der Waals surface area contributed by atoms with Crippen molar-refractivity contribution in [2.24, 2.45) is 5.92 Å². The molecule has 1 saturated carbocycles. The van der Waals surface area contributed by atoms with E-state index in [1.807, 2.05) is 0 Å². The Morgan fingerprint density at radius 3 is 2.78 bits per heavy atom. The van der Waals surface area contributed by atoms with E-state index < -0.39 is 0 Å². The second-order valence-corrected chi connectivity index (χ2v) is 7.41. The minimum Gasteiger partial charge on any atom is -0.496 e. The molecule has 0 amide bonds. The Labute approximate surface area is 157 Å². The Kier molecular flexibility index (Phi) is 3.61. The van der Waals surface area contributed by atoms with Gasteiger partial charge in [-0.05, 0) is 49.9 Å². The Hall–Kier alpha value is -3.01. The van der Waals surface area contributed by atoms with Gasteiger partial charge in [-0.25, -0.2) is 0 Å². The summed E-state index contributed by atoms with van der Waals surface area (Å²) in [5.41, 5.74) is 4.61. The van der Waals surface area contributed by atoms with Crippen molar-refractivity contribution in [1.29, 1.82) is 0 Å². The molecule has 1 aliphatic carbocycles. The van der Waals surface area contributed by atoms with E-state index in [1.54, 1.807) is 19.2 Å². The number of aryl methyl sites for hydroxylation is 1.